The molecule has 3 aliphatic rings. The van der Waals surface area contributed by atoms with Gasteiger partial charge in [0.05, 0.1) is 17.2 Å². The lowest BCUT2D eigenvalue weighted by Gasteiger charge is -2.39. The number of carbonyl (C=O) groups excluding carboxylic acids is 1. The topological polar surface area (TPSA) is 46.3 Å². The first-order valence-corrected chi connectivity index (χ1v) is 10.2. The van der Waals surface area contributed by atoms with E-state index in [1.165, 1.54) is 12.8 Å². The third-order valence-electron chi connectivity index (χ3n) is 6.07. The fourth-order valence-electron chi connectivity index (χ4n) is 5.52. The van der Waals surface area contributed by atoms with Gasteiger partial charge in [-0.15, -0.1) is 11.8 Å². The number of aryl methyl sites for hydroxylation is 2. The van der Waals surface area contributed by atoms with E-state index >= 15 is 0 Å². The quantitative estimate of drug-likeness (QED) is 0.783. The predicted molar refractivity (Wildman–Crippen MR) is 101 cm³/mol. The Morgan fingerprint density at radius 3 is 2.76 bits per heavy atom. The van der Waals surface area contributed by atoms with E-state index in [4.69, 9.17) is 4.52 Å². The summed E-state index contributed by atoms with van der Waals surface area (Å²) in [6.07, 6.45) is 5.67. The zero-order valence-corrected chi connectivity index (χ0v) is 16.7. The second-order valence-electron chi connectivity index (χ2n) is 9.33. The van der Waals surface area contributed by atoms with Crippen molar-refractivity contribution in [1.29, 1.82) is 0 Å². The predicted octanol–water partition coefficient (Wildman–Crippen LogP) is 4.42. The average molecular weight is 361 g/mol. The van der Waals surface area contributed by atoms with E-state index in [0.717, 1.165) is 40.6 Å². The molecular weight excluding hydrogens is 332 g/mol. The molecule has 4 rings (SSSR count). The molecule has 25 heavy (non-hydrogen) atoms. The maximum absolute atomic E-state index is 13.3. The Kier molecular flexibility index (Phi) is 3.87. The fraction of sp³-hybridized carbons (Fsp3) is 0.700. The molecule has 3 heterocycles. The minimum Gasteiger partial charge on any atom is -0.361 e. The second kappa shape index (κ2) is 5.63. The zero-order chi connectivity index (χ0) is 18.0. The Bertz CT molecular complexity index is 731. The third-order valence-corrected chi connectivity index (χ3v) is 7.24. The molecule has 1 aliphatic carbocycles. The molecule has 0 N–H and O–H groups in total. The van der Waals surface area contributed by atoms with Crippen LogP contribution in [0, 0.1) is 30.6 Å². The number of hydrogen-bond donors (Lipinski definition) is 0. The van der Waals surface area contributed by atoms with Crippen LogP contribution in [0.4, 0.5) is 0 Å². The molecule has 4 nitrogen and oxygen atoms in total. The van der Waals surface area contributed by atoms with Gasteiger partial charge < -0.3 is 9.42 Å². The number of aromatic nitrogens is 1. The van der Waals surface area contributed by atoms with E-state index < -0.39 is 0 Å². The van der Waals surface area contributed by atoms with Gasteiger partial charge in [-0.2, -0.15) is 0 Å². The first-order chi connectivity index (χ1) is 11.7. The molecule has 1 amide bonds. The molecule has 2 aliphatic heterocycles. The van der Waals surface area contributed by atoms with E-state index in [0.29, 0.717) is 22.8 Å². The smallest absolute Gasteiger partial charge is 0.230 e. The summed E-state index contributed by atoms with van der Waals surface area (Å²) in [6.45, 7) is 11.9. The number of fused-ring (bicyclic) bond motifs is 2. The molecule has 2 bridgehead atoms. The number of likely N-dealkylation sites (tertiary alicyclic amines) is 1. The van der Waals surface area contributed by atoms with Crippen LogP contribution in [-0.2, 0) is 4.79 Å². The van der Waals surface area contributed by atoms with Crippen molar-refractivity contribution >= 4 is 22.6 Å². The summed E-state index contributed by atoms with van der Waals surface area (Å²) in [6, 6.07) is 0.419. The third kappa shape index (κ3) is 2.94. The van der Waals surface area contributed by atoms with Crippen molar-refractivity contribution in [3.8, 4) is 0 Å². The minimum atomic E-state index is -0.0141. The van der Waals surface area contributed by atoms with Crippen molar-refractivity contribution in [1.82, 2.24) is 10.1 Å². The number of hydrogen-bond acceptors (Lipinski definition) is 4. The largest absolute Gasteiger partial charge is 0.361 e. The van der Waals surface area contributed by atoms with Gasteiger partial charge in [-0.1, -0.05) is 32.0 Å². The number of amides is 1. The van der Waals surface area contributed by atoms with E-state index in [9.17, 15) is 4.79 Å². The van der Waals surface area contributed by atoms with Crippen LogP contribution in [0.2, 0.25) is 0 Å². The normalized spacial score (nSPS) is 33.6. The molecule has 0 radical (unpaired) electrons. The van der Waals surface area contributed by atoms with Gasteiger partial charge in [0, 0.05) is 23.2 Å². The summed E-state index contributed by atoms with van der Waals surface area (Å²) in [5.74, 6) is 1.98. The number of nitrogens with zero attached hydrogens (tertiary/aromatic N) is 2. The lowest BCUT2D eigenvalue weighted by molar-refractivity contribution is -0.134. The highest BCUT2D eigenvalue weighted by Gasteiger charge is 2.51. The Hall–Kier alpha value is -1.23. The number of thioether (sulfide) groups is 1. The van der Waals surface area contributed by atoms with E-state index in [1.54, 1.807) is 11.8 Å². The fourth-order valence-corrected chi connectivity index (χ4v) is 6.82. The second-order valence-corrected chi connectivity index (χ2v) is 10.4. The summed E-state index contributed by atoms with van der Waals surface area (Å²) in [5, 5.41) is 4.05. The van der Waals surface area contributed by atoms with Crippen LogP contribution in [0.1, 0.15) is 57.1 Å². The highest BCUT2D eigenvalue weighted by molar-refractivity contribution is 8.08. The minimum absolute atomic E-state index is 0.0141. The lowest BCUT2D eigenvalue weighted by Crippen LogP contribution is -2.40. The number of carbonyl (C=O) groups is 1. The molecule has 1 saturated carbocycles. The molecule has 5 heteroatoms. The van der Waals surface area contributed by atoms with Gasteiger partial charge in [0.25, 0.3) is 0 Å². The van der Waals surface area contributed by atoms with Crippen molar-refractivity contribution < 1.29 is 9.32 Å². The zero-order valence-electron chi connectivity index (χ0n) is 15.9. The lowest BCUT2D eigenvalue weighted by atomic mass is 9.65. The maximum atomic E-state index is 13.3. The molecule has 2 fully saturated rings. The summed E-state index contributed by atoms with van der Waals surface area (Å²) < 4.78 is 5.30. The van der Waals surface area contributed by atoms with Crippen LogP contribution in [0.15, 0.2) is 10.6 Å². The average Bonchev–Trinajstić information content (AvgIpc) is 3.14. The molecule has 3 atom stereocenters. The standard InChI is InChI=1S/C20H28N2O2S/c1-12-17(13(2)24-21-12)16-6-14(9-25-16)18(23)22-11-20(5)8-15(22)7-19(3,4)10-20/h6,14-15H,7-11H2,1-5H3. The van der Waals surface area contributed by atoms with Gasteiger partial charge in [-0.05, 0) is 43.9 Å². The van der Waals surface area contributed by atoms with Gasteiger partial charge in [0.15, 0.2) is 0 Å². The summed E-state index contributed by atoms with van der Waals surface area (Å²) in [7, 11) is 0. The van der Waals surface area contributed by atoms with Crippen LogP contribution >= 0.6 is 11.8 Å². The SMILES string of the molecule is Cc1noc(C)c1C1=CC(C(=O)N2CC3(C)CC2CC(C)(C)C3)CS1. The Morgan fingerprint density at radius 1 is 1.32 bits per heavy atom. The van der Waals surface area contributed by atoms with Crippen LogP contribution < -0.4 is 0 Å². The summed E-state index contributed by atoms with van der Waals surface area (Å²) in [4.78, 5) is 16.6. The molecule has 0 spiro atoms. The summed E-state index contributed by atoms with van der Waals surface area (Å²) in [5.41, 5.74) is 2.63. The van der Waals surface area contributed by atoms with Crippen molar-refractivity contribution in [2.75, 3.05) is 12.3 Å². The Balaban J connectivity index is 1.55. The monoisotopic (exact) mass is 360 g/mol. The summed E-state index contributed by atoms with van der Waals surface area (Å²) >= 11 is 1.76. The van der Waals surface area contributed by atoms with Crippen molar-refractivity contribution in [3.05, 3.63) is 23.1 Å². The van der Waals surface area contributed by atoms with Crippen LogP contribution in [-0.4, -0.2) is 34.3 Å². The van der Waals surface area contributed by atoms with Crippen LogP contribution in [0.25, 0.3) is 4.91 Å². The molecule has 0 aromatic carbocycles. The van der Waals surface area contributed by atoms with Crippen LogP contribution in [0.3, 0.4) is 0 Å². The van der Waals surface area contributed by atoms with E-state index in [-0.39, 0.29) is 5.92 Å². The Morgan fingerprint density at radius 2 is 2.08 bits per heavy atom. The molecule has 1 saturated heterocycles. The molecule has 136 valence electrons. The van der Waals surface area contributed by atoms with E-state index in [2.05, 4.69) is 36.9 Å². The molecule has 1 aromatic rings. The molecule has 1 aromatic heterocycles. The van der Waals surface area contributed by atoms with Gasteiger partial charge >= 0.3 is 0 Å². The first-order valence-electron chi connectivity index (χ1n) is 9.26. The van der Waals surface area contributed by atoms with Gasteiger partial charge in [0.1, 0.15) is 5.76 Å². The van der Waals surface area contributed by atoms with Gasteiger partial charge in [-0.3, -0.25) is 4.79 Å². The number of rotatable bonds is 2. The van der Waals surface area contributed by atoms with Crippen molar-refractivity contribution in [2.45, 2.75) is 59.9 Å². The van der Waals surface area contributed by atoms with Gasteiger partial charge in [0.2, 0.25) is 5.91 Å². The maximum Gasteiger partial charge on any atom is 0.230 e. The van der Waals surface area contributed by atoms with Crippen molar-refractivity contribution in [3.63, 3.8) is 0 Å². The van der Waals surface area contributed by atoms with E-state index in [1.807, 2.05) is 13.8 Å². The highest BCUT2D eigenvalue weighted by Crippen LogP contribution is 2.53. The molecular formula is C20H28N2O2S. The Labute approximate surface area is 154 Å². The first kappa shape index (κ1) is 17.2. The van der Waals surface area contributed by atoms with Crippen molar-refractivity contribution in [2.24, 2.45) is 16.7 Å². The van der Waals surface area contributed by atoms with Gasteiger partial charge in [-0.25, -0.2) is 0 Å². The van der Waals surface area contributed by atoms with Crippen LogP contribution in [0.5, 0.6) is 0 Å². The molecule has 3 unspecified atom stereocenters. The highest BCUT2D eigenvalue weighted by atomic mass is 32.2.